The van der Waals surface area contributed by atoms with Gasteiger partial charge in [-0.25, -0.2) is 0 Å². The van der Waals surface area contributed by atoms with Crippen molar-refractivity contribution >= 4 is 31.9 Å². The van der Waals surface area contributed by atoms with Crippen molar-refractivity contribution in [3.8, 4) is 0 Å². The topological polar surface area (TPSA) is 20.2 Å². The van der Waals surface area contributed by atoms with E-state index in [0.29, 0.717) is 0 Å². The monoisotopic (exact) mass is 290 g/mol. The highest BCUT2D eigenvalue weighted by atomic mass is 79.9. The Hall–Kier alpha value is 0.140. The van der Waals surface area contributed by atoms with E-state index in [2.05, 4.69) is 37.9 Å². The van der Waals surface area contributed by atoms with Crippen LogP contribution in [0.1, 0.15) is 23.7 Å². The number of halogens is 2. The first kappa shape index (κ1) is 8.73. The van der Waals surface area contributed by atoms with E-state index in [1.807, 2.05) is 6.07 Å². The lowest BCUT2D eigenvalue weighted by atomic mass is 10.1. The molecule has 0 heterocycles. The Kier molecular flexibility index (Phi) is 2.27. The number of aliphatic hydroxyl groups excluding tert-OH is 1. The quantitative estimate of drug-likeness (QED) is 0.778. The molecule has 0 radical (unpaired) electrons. The summed E-state index contributed by atoms with van der Waals surface area (Å²) in [7, 11) is 0. The third-order valence-electron chi connectivity index (χ3n) is 2.20. The fraction of sp³-hybridized carbons (Fsp3) is 0.333. The molecule has 2 rings (SSSR count). The number of rotatable bonds is 0. The zero-order chi connectivity index (χ0) is 8.72. The maximum atomic E-state index is 9.61. The summed E-state index contributed by atoms with van der Waals surface area (Å²) in [4.78, 5) is 0. The molecule has 1 aromatic rings. The van der Waals surface area contributed by atoms with Crippen molar-refractivity contribution in [2.45, 2.75) is 18.9 Å². The third-order valence-corrected chi connectivity index (χ3v) is 3.31. The highest BCUT2D eigenvalue weighted by Crippen LogP contribution is 2.38. The highest BCUT2D eigenvalue weighted by molar-refractivity contribution is 9.11. The first-order valence-electron chi connectivity index (χ1n) is 3.84. The van der Waals surface area contributed by atoms with E-state index in [-0.39, 0.29) is 6.10 Å². The van der Waals surface area contributed by atoms with Gasteiger partial charge in [-0.05, 0) is 36.1 Å². The van der Waals surface area contributed by atoms with Gasteiger partial charge in [0.05, 0.1) is 6.10 Å². The van der Waals surface area contributed by atoms with Gasteiger partial charge in [-0.1, -0.05) is 31.9 Å². The minimum absolute atomic E-state index is 0.275. The summed E-state index contributed by atoms with van der Waals surface area (Å²) < 4.78 is 2.08. The number of hydrogen-bond acceptors (Lipinski definition) is 1. The molecule has 0 bridgehead atoms. The Balaban J connectivity index is 2.60. The van der Waals surface area contributed by atoms with Crippen LogP contribution >= 0.6 is 31.9 Å². The molecule has 0 amide bonds. The minimum atomic E-state index is -0.275. The predicted molar refractivity (Wildman–Crippen MR) is 55.1 cm³/mol. The molecule has 0 fully saturated rings. The maximum Gasteiger partial charge on any atom is 0.0806 e. The van der Waals surface area contributed by atoms with E-state index >= 15 is 0 Å². The van der Waals surface area contributed by atoms with Crippen LogP contribution in [0.5, 0.6) is 0 Å². The molecule has 1 nitrogen and oxygen atoms in total. The molecule has 1 N–H and O–H groups in total. The number of hydrogen-bond donors (Lipinski definition) is 1. The smallest absolute Gasteiger partial charge is 0.0806 e. The fourth-order valence-electron chi connectivity index (χ4n) is 1.65. The first-order valence-corrected chi connectivity index (χ1v) is 5.43. The highest BCUT2D eigenvalue weighted by Gasteiger charge is 2.22. The lowest BCUT2D eigenvalue weighted by Gasteiger charge is -2.06. The van der Waals surface area contributed by atoms with Crippen LogP contribution in [0, 0.1) is 0 Å². The molecule has 0 saturated heterocycles. The van der Waals surface area contributed by atoms with E-state index in [4.69, 9.17) is 0 Å². The second-order valence-corrected chi connectivity index (χ2v) is 4.78. The van der Waals surface area contributed by atoms with Gasteiger partial charge >= 0.3 is 0 Å². The molecule has 1 aliphatic carbocycles. The number of benzene rings is 1. The summed E-state index contributed by atoms with van der Waals surface area (Å²) in [5, 5.41) is 9.61. The van der Waals surface area contributed by atoms with Crippen LogP contribution in [0.25, 0.3) is 0 Å². The van der Waals surface area contributed by atoms with Gasteiger partial charge in [0.1, 0.15) is 0 Å². The number of aliphatic hydroxyl groups is 1. The fourth-order valence-corrected chi connectivity index (χ4v) is 3.23. The van der Waals surface area contributed by atoms with Crippen molar-refractivity contribution in [3.63, 3.8) is 0 Å². The summed E-state index contributed by atoms with van der Waals surface area (Å²) in [5.74, 6) is 0. The van der Waals surface area contributed by atoms with E-state index < -0.39 is 0 Å². The molecule has 0 spiro atoms. The van der Waals surface area contributed by atoms with E-state index in [1.165, 1.54) is 5.56 Å². The van der Waals surface area contributed by atoms with Crippen LogP contribution in [0.4, 0.5) is 0 Å². The summed E-state index contributed by atoms with van der Waals surface area (Å²) in [6, 6.07) is 4.06. The Labute approximate surface area is 88.0 Å². The molecule has 0 aliphatic heterocycles. The zero-order valence-electron chi connectivity index (χ0n) is 6.35. The molecule has 0 aromatic heterocycles. The van der Waals surface area contributed by atoms with Gasteiger partial charge in [0.2, 0.25) is 0 Å². The van der Waals surface area contributed by atoms with Gasteiger partial charge in [0, 0.05) is 8.95 Å². The Morgan fingerprint density at radius 3 is 2.83 bits per heavy atom. The van der Waals surface area contributed by atoms with E-state index in [9.17, 15) is 5.11 Å². The normalized spacial score (nSPS) is 21.1. The van der Waals surface area contributed by atoms with Crippen LogP contribution in [0.15, 0.2) is 21.1 Å². The van der Waals surface area contributed by atoms with Crippen molar-refractivity contribution < 1.29 is 5.11 Å². The largest absolute Gasteiger partial charge is 0.388 e. The molecule has 1 aromatic carbocycles. The van der Waals surface area contributed by atoms with E-state index in [1.54, 1.807) is 0 Å². The van der Waals surface area contributed by atoms with Gasteiger partial charge < -0.3 is 5.11 Å². The van der Waals surface area contributed by atoms with Crippen LogP contribution in [0.3, 0.4) is 0 Å². The molecule has 3 heteroatoms. The lowest BCUT2D eigenvalue weighted by molar-refractivity contribution is 0.179. The summed E-state index contributed by atoms with van der Waals surface area (Å²) in [6.07, 6.45) is 1.56. The first-order chi connectivity index (χ1) is 5.68. The van der Waals surface area contributed by atoms with Gasteiger partial charge in [-0.15, -0.1) is 0 Å². The van der Waals surface area contributed by atoms with Gasteiger partial charge in [-0.2, -0.15) is 0 Å². The molecule has 64 valence electrons. The maximum absolute atomic E-state index is 9.61. The van der Waals surface area contributed by atoms with Crippen LogP contribution < -0.4 is 0 Å². The molecule has 1 aliphatic rings. The minimum Gasteiger partial charge on any atom is -0.388 e. The molecule has 1 atom stereocenters. The van der Waals surface area contributed by atoms with Gasteiger partial charge in [0.15, 0.2) is 0 Å². The number of aryl methyl sites for hydroxylation is 1. The van der Waals surface area contributed by atoms with Gasteiger partial charge in [-0.3, -0.25) is 0 Å². The van der Waals surface area contributed by atoms with E-state index in [0.717, 1.165) is 27.4 Å². The average molecular weight is 292 g/mol. The van der Waals surface area contributed by atoms with Crippen LogP contribution in [-0.4, -0.2) is 5.11 Å². The average Bonchev–Trinajstić information content (AvgIpc) is 2.31. The summed E-state index contributed by atoms with van der Waals surface area (Å²) in [5.41, 5.74) is 2.32. The summed E-state index contributed by atoms with van der Waals surface area (Å²) >= 11 is 6.87. The van der Waals surface area contributed by atoms with Crippen molar-refractivity contribution in [2.24, 2.45) is 0 Å². The Morgan fingerprint density at radius 1 is 1.33 bits per heavy atom. The van der Waals surface area contributed by atoms with Crippen LogP contribution in [0.2, 0.25) is 0 Å². The zero-order valence-corrected chi connectivity index (χ0v) is 9.52. The van der Waals surface area contributed by atoms with Crippen molar-refractivity contribution in [1.82, 2.24) is 0 Å². The third kappa shape index (κ3) is 1.34. The molecular weight excluding hydrogens is 284 g/mol. The number of fused-ring (bicyclic) bond motifs is 1. The molecule has 12 heavy (non-hydrogen) atoms. The van der Waals surface area contributed by atoms with Crippen LogP contribution in [-0.2, 0) is 6.42 Å². The lowest BCUT2D eigenvalue weighted by Crippen LogP contribution is -1.91. The standard InChI is InChI=1S/C9H8Br2O/c10-6-3-5-1-2-8(12)9(5)7(11)4-6/h3-4,8,12H,1-2H2. The molecule has 1 unspecified atom stereocenters. The van der Waals surface area contributed by atoms with Gasteiger partial charge in [0.25, 0.3) is 0 Å². The second-order valence-electron chi connectivity index (χ2n) is 3.01. The SMILES string of the molecule is OC1CCc2cc(Br)cc(Br)c21. The Morgan fingerprint density at radius 2 is 2.08 bits per heavy atom. The second kappa shape index (κ2) is 3.13. The van der Waals surface area contributed by atoms with Crippen molar-refractivity contribution in [1.29, 1.82) is 0 Å². The van der Waals surface area contributed by atoms with Crippen molar-refractivity contribution in [2.75, 3.05) is 0 Å². The molecular formula is C9H8Br2O. The Bertz CT molecular complexity index is 323. The molecule has 0 saturated carbocycles. The summed E-state index contributed by atoms with van der Waals surface area (Å²) in [6.45, 7) is 0. The predicted octanol–water partition coefficient (Wildman–Crippen LogP) is 3.19. The van der Waals surface area contributed by atoms with Crippen molar-refractivity contribution in [3.05, 3.63) is 32.2 Å².